The van der Waals surface area contributed by atoms with Crippen LogP contribution < -0.4 is 0 Å². The fourth-order valence-electron chi connectivity index (χ4n) is 3.90. The van der Waals surface area contributed by atoms with Crippen LogP contribution in [-0.4, -0.2) is 32.2 Å². The molecule has 2 nitrogen and oxygen atoms in total. The van der Waals surface area contributed by atoms with E-state index in [9.17, 15) is 0 Å². The van der Waals surface area contributed by atoms with Crippen LogP contribution in [0.15, 0.2) is 0 Å². The van der Waals surface area contributed by atoms with Crippen LogP contribution in [-0.2, 0) is 9.47 Å². The molecule has 2 rings (SSSR count). The third-order valence-corrected chi connectivity index (χ3v) is 4.15. The van der Waals surface area contributed by atoms with Crippen LogP contribution in [0.5, 0.6) is 0 Å². The Morgan fingerprint density at radius 3 is 2.56 bits per heavy atom. The molecule has 2 saturated heterocycles. The Kier molecular flexibility index (Phi) is 3.38. The highest BCUT2D eigenvalue weighted by molar-refractivity contribution is 6.11. The zero-order valence-corrected chi connectivity index (χ0v) is 11.3. The lowest BCUT2D eigenvalue weighted by Crippen LogP contribution is -2.47. The third kappa shape index (κ3) is 1.93. The molecule has 0 aliphatic carbocycles. The van der Waals surface area contributed by atoms with Gasteiger partial charge in [-0.3, -0.25) is 0 Å². The molecule has 16 heavy (non-hydrogen) atoms. The van der Waals surface area contributed by atoms with Crippen molar-refractivity contribution in [1.82, 2.24) is 0 Å². The highest BCUT2D eigenvalue weighted by Crippen LogP contribution is 2.49. The molecule has 4 atom stereocenters. The summed E-state index contributed by atoms with van der Waals surface area (Å²) in [5.74, 6) is 1.93. The highest BCUT2D eigenvalue weighted by Gasteiger charge is 2.56. The Balaban J connectivity index is 2.25. The van der Waals surface area contributed by atoms with Gasteiger partial charge in [0.25, 0.3) is 0 Å². The zero-order chi connectivity index (χ0) is 11.9. The first-order valence-corrected chi connectivity index (χ1v) is 6.75. The molecule has 0 amide bonds. The van der Waals surface area contributed by atoms with Crippen LogP contribution in [0.25, 0.3) is 0 Å². The first-order chi connectivity index (χ1) is 7.46. The van der Waals surface area contributed by atoms with Gasteiger partial charge in [0.05, 0.1) is 17.7 Å². The van der Waals surface area contributed by atoms with E-state index in [0.717, 1.165) is 13.0 Å². The lowest BCUT2D eigenvalue weighted by molar-refractivity contribution is -0.0986. The van der Waals surface area contributed by atoms with E-state index in [1.807, 2.05) is 0 Å². The summed E-state index contributed by atoms with van der Waals surface area (Å²) >= 11 is 0. The van der Waals surface area contributed by atoms with Gasteiger partial charge in [0, 0.05) is 18.9 Å². The maximum atomic E-state index is 6.33. The van der Waals surface area contributed by atoms with E-state index >= 15 is 0 Å². The van der Waals surface area contributed by atoms with Gasteiger partial charge in [-0.15, -0.1) is 0 Å². The lowest BCUT2D eigenvalue weighted by Gasteiger charge is -2.42. The molecule has 92 valence electrons. The predicted octanol–water partition coefficient (Wildman–Crippen LogP) is 1.82. The van der Waals surface area contributed by atoms with Crippen molar-refractivity contribution >= 4 is 7.85 Å². The Labute approximate surface area is 100 Å². The Morgan fingerprint density at radius 1 is 1.31 bits per heavy atom. The SMILES string of the molecule is B[C@@H]1O[C@@]2(CC(C)C)CCO[C@H]1C2C(C)C. The van der Waals surface area contributed by atoms with Crippen molar-refractivity contribution in [3.8, 4) is 0 Å². The second-order valence-electron chi connectivity index (χ2n) is 6.34. The van der Waals surface area contributed by atoms with Crippen LogP contribution in [0.4, 0.5) is 0 Å². The summed E-state index contributed by atoms with van der Waals surface area (Å²) < 4.78 is 12.3. The van der Waals surface area contributed by atoms with E-state index in [1.54, 1.807) is 0 Å². The molecule has 2 aliphatic rings. The molecule has 0 aromatic carbocycles. The number of hydrogen-bond acceptors (Lipinski definition) is 2. The standard InChI is InChI=1S/C13H25BO2/c1-8(2)7-13-5-6-15-11(12(14)16-13)10(13)9(3)4/h8-12H,5-7,14H2,1-4H3/t10?,11-,12+,13+/m0/s1. The second-order valence-corrected chi connectivity index (χ2v) is 6.34. The van der Waals surface area contributed by atoms with Gasteiger partial charge in [0.15, 0.2) is 0 Å². The predicted molar refractivity (Wildman–Crippen MR) is 68.3 cm³/mol. The third-order valence-electron chi connectivity index (χ3n) is 4.15. The van der Waals surface area contributed by atoms with Crippen molar-refractivity contribution in [2.24, 2.45) is 17.8 Å². The van der Waals surface area contributed by atoms with E-state index in [-0.39, 0.29) is 11.6 Å². The van der Waals surface area contributed by atoms with Gasteiger partial charge in [0.1, 0.15) is 7.85 Å². The molecule has 0 saturated carbocycles. The van der Waals surface area contributed by atoms with Crippen molar-refractivity contribution in [2.45, 2.75) is 58.2 Å². The van der Waals surface area contributed by atoms with Crippen LogP contribution in [0.3, 0.4) is 0 Å². The highest BCUT2D eigenvalue weighted by atomic mass is 16.6. The molecule has 0 aromatic rings. The Morgan fingerprint density at radius 2 is 2.00 bits per heavy atom. The molecule has 3 heteroatoms. The summed E-state index contributed by atoms with van der Waals surface area (Å²) in [4.78, 5) is 0. The maximum Gasteiger partial charge on any atom is 0.142 e. The van der Waals surface area contributed by atoms with Gasteiger partial charge in [-0.1, -0.05) is 27.7 Å². The first-order valence-electron chi connectivity index (χ1n) is 6.75. The van der Waals surface area contributed by atoms with Crippen molar-refractivity contribution in [3.63, 3.8) is 0 Å². The number of ether oxygens (including phenoxy) is 2. The van der Waals surface area contributed by atoms with Gasteiger partial charge >= 0.3 is 0 Å². The molecule has 0 aromatic heterocycles. The first kappa shape index (κ1) is 12.4. The zero-order valence-electron chi connectivity index (χ0n) is 11.3. The van der Waals surface area contributed by atoms with Crippen molar-refractivity contribution in [2.75, 3.05) is 6.61 Å². The van der Waals surface area contributed by atoms with Crippen LogP contribution in [0.2, 0.25) is 0 Å². The second kappa shape index (κ2) is 4.34. The largest absolute Gasteiger partial charge is 0.378 e. The maximum absolute atomic E-state index is 6.33. The Hall–Kier alpha value is -0.0151. The van der Waals surface area contributed by atoms with Crippen molar-refractivity contribution in [3.05, 3.63) is 0 Å². The fraction of sp³-hybridized carbons (Fsp3) is 1.00. The monoisotopic (exact) mass is 224 g/mol. The molecule has 2 heterocycles. The average molecular weight is 224 g/mol. The summed E-state index contributed by atoms with van der Waals surface area (Å²) in [5, 5.41) is 0. The number of hydrogen-bond donors (Lipinski definition) is 0. The van der Waals surface area contributed by atoms with Crippen molar-refractivity contribution in [1.29, 1.82) is 0 Å². The number of fused-ring (bicyclic) bond motifs is 2. The summed E-state index contributed by atoms with van der Waals surface area (Å²) in [6.45, 7) is 10.1. The van der Waals surface area contributed by atoms with Gasteiger partial charge in [0.2, 0.25) is 0 Å². The van der Waals surface area contributed by atoms with E-state index in [0.29, 0.717) is 23.9 Å². The molecule has 1 unspecified atom stereocenters. The van der Waals surface area contributed by atoms with Crippen molar-refractivity contribution < 1.29 is 9.47 Å². The quantitative estimate of drug-likeness (QED) is 0.681. The normalized spacial score (nSPS) is 43.2. The van der Waals surface area contributed by atoms with E-state index in [4.69, 9.17) is 9.47 Å². The van der Waals surface area contributed by atoms with Gasteiger partial charge in [-0.2, -0.15) is 0 Å². The van der Waals surface area contributed by atoms with Gasteiger partial charge in [-0.25, -0.2) is 0 Å². The molecule has 0 radical (unpaired) electrons. The minimum Gasteiger partial charge on any atom is -0.378 e. The fourth-order valence-corrected chi connectivity index (χ4v) is 3.90. The molecule has 0 spiro atoms. The smallest absolute Gasteiger partial charge is 0.142 e. The topological polar surface area (TPSA) is 18.5 Å². The molecular formula is C13H25BO2. The van der Waals surface area contributed by atoms with E-state index in [2.05, 4.69) is 35.5 Å². The van der Waals surface area contributed by atoms with Gasteiger partial charge in [-0.05, 0) is 18.3 Å². The summed E-state index contributed by atoms with van der Waals surface area (Å²) in [6, 6.07) is 0.272. The summed E-state index contributed by atoms with van der Waals surface area (Å²) in [6.07, 6.45) is 2.59. The minimum atomic E-state index is 0.102. The lowest BCUT2D eigenvalue weighted by atomic mass is 9.69. The van der Waals surface area contributed by atoms with Crippen LogP contribution in [0.1, 0.15) is 40.5 Å². The molecular weight excluding hydrogens is 199 g/mol. The molecule has 2 fully saturated rings. The van der Waals surface area contributed by atoms with Crippen LogP contribution >= 0.6 is 0 Å². The molecule has 2 bridgehead atoms. The summed E-state index contributed by atoms with van der Waals surface area (Å²) in [5.41, 5.74) is 0.102. The molecule has 0 N–H and O–H groups in total. The van der Waals surface area contributed by atoms with Crippen LogP contribution in [0, 0.1) is 17.8 Å². The molecule has 2 aliphatic heterocycles. The number of rotatable bonds is 3. The minimum absolute atomic E-state index is 0.102. The summed E-state index contributed by atoms with van der Waals surface area (Å²) in [7, 11) is 2.17. The average Bonchev–Trinajstić information content (AvgIpc) is 2.29. The van der Waals surface area contributed by atoms with E-state index in [1.165, 1.54) is 6.42 Å². The van der Waals surface area contributed by atoms with Gasteiger partial charge < -0.3 is 9.47 Å². The van der Waals surface area contributed by atoms with E-state index < -0.39 is 0 Å². The Bertz CT molecular complexity index is 250.